The fraction of sp³-hybridized carbons (Fsp3) is 0.296. The lowest BCUT2D eigenvalue weighted by molar-refractivity contribution is -0.121. The van der Waals surface area contributed by atoms with Crippen LogP contribution >= 0.6 is 0 Å². The molecule has 3 heterocycles. The monoisotopic (exact) mass is 488 g/mol. The molecule has 9 heteroatoms. The van der Waals surface area contributed by atoms with E-state index in [1.165, 1.54) is 0 Å². The smallest absolute Gasteiger partial charge is 0.256 e. The second-order valence-electron chi connectivity index (χ2n) is 8.92. The van der Waals surface area contributed by atoms with Gasteiger partial charge in [-0.3, -0.25) is 14.4 Å². The number of aryl methyl sites for hydroxylation is 1. The predicted molar refractivity (Wildman–Crippen MR) is 137 cm³/mol. The molecule has 2 amide bonds. The highest BCUT2D eigenvalue weighted by atomic mass is 16.7. The van der Waals surface area contributed by atoms with Crippen LogP contribution in [0.5, 0.6) is 11.5 Å². The molecule has 0 saturated carbocycles. The summed E-state index contributed by atoms with van der Waals surface area (Å²) in [7, 11) is 0. The van der Waals surface area contributed by atoms with Crippen LogP contribution in [0.4, 0.5) is 0 Å². The molecule has 0 bridgehead atoms. The summed E-state index contributed by atoms with van der Waals surface area (Å²) in [6.45, 7) is 4.66. The number of aromatic nitrogens is 2. The molecule has 1 aliphatic heterocycles. The van der Waals surface area contributed by atoms with Gasteiger partial charge in [0.05, 0.1) is 10.9 Å². The van der Waals surface area contributed by atoms with Crippen LogP contribution in [0, 0.1) is 0 Å². The zero-order valence-electron chi connectivity index (χ0n) is 20.2. The number of amides is 2. The van der Waals surface area contributed by atoms with Gasteiger partial charge in [-0.25, -0.2) is 0 Å². The summed E-state index contributed by atoms with van der Waals surface area (Å²) in [5.74, 6) is 0.380. The fourth-order valence-corrected chi connectivity index (χ4v) is 4.62. The second kappa shape index (κ2) is 9.77. The van der Waals surface area contributed by atoms with E-state index in [9.17, 15) is 14.4 Å². The Morgan fingerprint density at radius 1 is 1.14 bits per heavy atom. The number of pyridine rings is 1. The van der Waals surface area contributed by atoms with Crippen LogP contribution in [0.15, 0.2) is 53.6 Å². The molecule has 4 aromatic rings. The fourth-order valence-electron chi connectivity index (χ4n) is 4.62. The van der Waals surface area contributed by atoms with Gasteiger partial charge in [-0.2, -0.15) is 0 Å². The summed E-state index contributed by atoms with van der Waals surface area (Å²) in [4.78, 5) is 41.6. The molecular formula is C27H28N4O5. The quantitative estimate of drug-likeness (QED) is 0.353. The molecule has 2 aromatic carbocycles. The SMILES string of the molecule is CCn1cc(C(=O)NCCC(=O)N[C@H](C)Cc2c[nH]c3ccccc23)c(=O)c2cc3c(cc21)OCO3. The van der Waals surface area contributed by atoms with Gasteiger partial charge in [0.2, 0.25) is 18.1 Å². The molecule has 5 rings (SSSR count). The largest absolute Gasteiger partial charge is 0.454 e. The van der Waals surface area contributed by atoms with Crippen molar-refractivity contribution in [2.24, 2.45) is 0 Å². The van der Waals surface area contributed by atoms with Crippen LogP contribution in [0.25, 0.3) is 21.8 Å². The Morgan fingerprint density at radius 2 is 1.92 bits per heavy atom. The maximum atomic E-state index is 13.1. The Kier molecular flexibility index (Phi) is 6.37. The van der Waals surface area contributed by atoms with E-state index in [0.717, 1.165) is 16.5 Å². The molecule has 1 aliphatic rings. The first-order chi connectivity index (χ1) is 17.4. The molecule has 0 spiro atoms. The summed E-state index contributed by atoms with van der Waals surface area (Å²) < 4.78 is 12.6. The highest BCUT2D eigenvalue weighted by molar-refractivity contribution is 5.98. The number of hydrogen-bond donors (Lipinski definition) is 3. The Bertz CT molecular complexity index is 1520. The van der Waals surface area contributed by atoms with E-state index in [1.807, 2.05) is 42.8 Å². The average Bonchev–Trinajstić information content (AvgIpc) is 3.50. The van der Waals surface area contributed by atoms with Gasteiger partial charge in [-0.1, -0.05) is 18.2 Å². The van der Waals surface area contributed by atoms with Crippen molar-refractivity contribution in [2.75, 3.05) is 13.3 Å². The predicted octanol–water partition coefficient (Wildman–Crippen LogP) is 3.10. The topological polar surface area (TPSA) is 114 Å². The summed E-state index contributed by atoms with van der Waals surface area (Å²) >= 11 is 0. The number of nitrogens with zero attached hydrogens (tertiary/aromatic N) is 1. The summed E-state index contributed by atoms with van der Waals surface area (Å²) in [5.41, 5.74) is 2.51. The van der Waals surface area contributed by atoms with E-state index in [2.05, 4.69) is 21.7 Å². The van der Waals surface area contributed by atoms with Crippen LogP contribution in [-0.2, 0) is 17.8 Å². The number of benzene rings is 2. The molecule has 186 valence electrons. The lowest BCUT2D eigenvalue weighted by atomic mass is 10.1. The van der Waals surface area contributed by atoms with Crippen LogP contribution in [0.1, 0.15) is 36.2 Å². The highest BCUT2D eigenvalue weighted by Crippen LogP contribution is 2.35. The third-order valence-corrected chi connectivity index (χ3v) is 6.41. The maximum absolute atomic E-state index is 13.1. The van der Waals surface area contributed by atoms with E-state index in [1.54, 1.807) is 18.3 Å². The number of carbonyl (C=O) groups excluding carboxylic acids is 2. The minimum absolute atomic E-state index is 0.0244. The first-order valence-electron chi connectivity index (χ1n) is 12.0. The molecule has 3 N–H and O–H groups in total. The number of para-hydroxylation sites is 1. The number of carbonyl (C=O) groups is 2. The van der Waals surface area contributed by atoms with Gasteiger partial charge in [0.1, 0.15) is 5.56 Å². The van der Waals surface area contributed by atoms with Gasteiger partial charge in [0.15, 0.2) is 11.5 Å². The maximum Gasteiger partial charge on any atom is 0.256 e. The number of fused-ring (bicyclic) bond motifs is 3. The van der Waals surface area contributed by atoms with Crippen molar-refractivity contribution in [3.63, 3.8) is 0 Å². The van der Waals surface area contributed by atoms with E-state index >= 15 is 0 Å². The summed E-state index contributed by atoms with van der Waals surface area (Å²) in [6.07, 6.45) is 4.31. The van der Waals surface area contributed by atoms with Gasteiger partial charge >= 0.3 is 0 Å². The van der Waals surface area contributed by atoms with Gasteiger partial charge < -0.3 is 29.7 Å². The second-order valence-corrected chi connectivity index (χ2v) is 8.92. The minimum Gasteiger partial charge on any atom is -0.454 e. The Labute approximate surface area is 207 Å². The first kappa shape index (κ1) is 23.5. The Morgan fingerprint density at radius 3 is 2.72 bits per heavy atom. The number of H-pyrrole nitrogens is 1. The molecule has 2 aromatic heterocycles. The molecule has 0 radical (unpaired) electrons. The van der Waals surface area contributed by atoms with E-state index in [4.69, 9.17) is 9.47 Å². The minimum atomic E-state index is -0.513. The lowest BCUT2D eigenvalue weighted by Crippen LogP contribution is -2.37. The molecule has 36 heavy (non-hydrogen) atoms. The van der Waals surface area contributed by atoms with Crippen molar-refractivity contribution in [1.82, 2.24) is 20.2 Å². The van der Waals surface area contributed by atoms with E-state index in [-0.39, 0.29) is 42.7 Å². The number of aromatic amines is 1. The standard InChI is InChI=1S/C27H28N4O5/c1-3-31-14-20(26(33)19-11-23-24(12-22(19)31)36-15-35-23)27(34)28-9-8-25(32)30-16(2)10-17-13-29-21-7-5-4-6-18(17)21/h4-7,11-14,16,29H,3,8-10,15H2,1-2H3,(H,28,34)(H,30,32)/t16-/m1/s1. The van der Waals surface area contributed by atoms with Gasteiger partial charge in [0.25, 0.3) is 5.91 Å². The van der Waals surface area contributed by atoms with Gasteiger partial charge in [-0.15, -0.1) is 0 Å². The third kappa shape index (κ3) is 4.51. The lowest BCUT2D eigenvalue weighted by Gasteiger charge is -2.14. The molecule has 9 nitrogen and oxygen atoms in total. The zero-order chi connectivity index (χ0) is 25.2. The van der Waals surface area contributed by atoms with Crippen molar-refractivity contribution in [2.45, 2.75) is 39.3 Å². The molecule has 0 aliphatic carbocycles. The molecular weight excluding hydrogens is 460 g/mol. The Hall–Kier alpha value is -4.27. The number of rotatable bonds is 8. The van der Waals surface area contributed by atoms with Crippen molar-refractivity contribution in [1.29, 1.82) is 0 Å². The van der Waals surface area contributed by atoms with Gasteiger partial charge in [-0.05, 0) is 38.0 Å². The first-order valence-corrected chi connectivity index (χ1v) is 12.0. The molecule has 0 fully saturated rings. The molecule has 1 atom stereocenters. The normalized spacial score (nSPS) is 13.2. The highest BCUT2D eigenvalue weighted by Gasteiger charge is 2.21. The molecule has 0 saturated heterocycles. The average molecular weight is 489 g/mol. The van der Waals surface area contributed by atoms with E-state index in [0.29, 0.717) is 35.4 Å². The van der Waals surface area contributed by atoms with Crippen LogP contribution in [-0.4, -0.2) is 40.7 Å². The van der Waals surface area contributed by atoms with Gasteiger partial charge in [0, 0.05) is 54.9 Å². The van der Waals surface area contributed by atoms with Crippen LogP contribution in [0.2, 0.25) is 0 Å². The summed E-state index contributed by atoms with van der Waals surface area (Å²) in [6, 6.07) is 11.3. The van der Waals surface area contributed by atoms with Crippen LogP contribution < -0.4 is 25.5 Å². The van der Waals surface area contributed by atoms with E-state index < -0.39 is 5.91 Å². The number of nitrogens with one attached hydrogen (secondary N) is 3. The number of ether oxygens (including phenoxy) is 2. The number of hydrogen-bond acceptors (Lipinski definition) is 5. The Balaban J connectivity index is 1.20. The zero-order valence-corrected chi connectivity index (χ0v) is 20.2. The van der Waals surface area contributed by atoms with Crippen molar-refractivity contribution in [3.05, 3.63) is 70.1 Å². The van der Waals surface area contributed by atoms with Crippen molar-refractivity contribution in [3.8, 4) is 11.5 Å². The molecule has 0 unspecified atom stereocenters. The summed E-state index contributed by atoms with van der Waals surface area (Å²) in [5, 5.41) is 7.21. The van der Waals surface area contributed by atoms with Crippen LogP contribution in [0.3, 0.4) is 0 Å². The van der Waals surface area contributed by atoms with Crippen molar-refractivity contribution < 1.29 is 19.1 Å². The van der Waals surface area contributed by atoms with Crippen molar-refractivity contribution >= 4 is 33.6 Å². The third-order valence-electron chi connectivity index (χ3n) is 6.41.